The maximum absolute atomic E-state index is 12.1. The minimum atomic E-state index is -0.982. The smallest absolute Gasteiger partial charge is 0.326 e. The molecule has 1 aliphatic heterocycles. The molecule has 110 valence electrons. The van der Waals surface area contributed by atoms with E-state index in [1.807, 2.05) is 20.8 Å². The van der Waals surface area contributed by atoms with Gasteiger partial charge in [-0.1, -0.05) is 34.1 Å². The van der Waals surface area contributed by atoms with Gasteiger partial charge in [-0.05, 0) is 24.2 Å². The Morgan fingerprint density at radius 3 is 2.21 bits per heavy atom. The van der Waals surface area contributed by atoms with Crippen molar-refractivity contribution in [2.45, 2.75) is 53.0 Å². The number of hydrogen-bond acceptors (Lipinski definition) is 2. The van der Waals surface area contributed by atoms with Crippen LogP contribution in [0.4, 0.5) is 4.79 Å². The van der Waals surface area contributed by atoms with Gasteiger partial charge in [0.1, 0.15) is 6.04 Å². The zero-order valence-corrected chi connectivity index (χ0v) is 12.4. The molecule has 1 unspecified atom stereocenters. The van der Waals surface area contributed by atoms with Crippen LogP contribution in [-0.4, -0.2) is 41.1 Å². The molecule has 1 atom stereocenters. The molecule has 0 aromatic carbocycles. The Morgan fingerprint density at radius 1 is 1.32 bits per heavy atom. The summed E-state index contributed by atoms with van der Waals surface area (Å²) >= 11 is 0. The second-order valence-electron chi connectivity index (χ2n) is 6.43. The average Bonchev–Trinajstić information content (AvgIpc) is 2.34. The number of carboxylic acid groups (broad SMARTS) is 1. The third kappa shape index (κ3) is 4.40. The summed E-state index contributed by atoms with van der Waals surface area (Å²) in [5.41, 5.74) is -0.497. The molecule has 0 radical (unpaired) electrons. The van der Waals surface area contributed by atoms with Gasteiger partial charge in [0.25, 0.3) is 0 Å². The number of carbonyl (C=O) groups excluding carboxylic acids is 1. The van der Waals surface area contributed by atoms with Gasteiger partial charge in [-0.2, -0.15) is 0 Å². The van der Waals surface area contributed by atoms with Gasteiger partial charge in [0.15, 0.2) is 0 Å². The third-order valence-corrected chi connectivity index (χ3v) is 3.86. The van der Waals surface area contributed by atoms with Crippen LogP contribution in [-0.2, 0) is 4.79 Å². The predicted molar refractivity (Wildman–Crippen MR) is 74.0 cm³/mol. The Kier molecular flexibility index (Phi) is 5.20. The van der Waals surface area contributed by atoms with E-state index in [-0.39, 0.29) is 6.03 Å². The molecule has 1 heterocycles. The van der Waals surface area contributed by atoms with E-state index in [1.54, 1.807) is 4.90 Å². The third-order valence-electron chi connectivity index (χ3n) is 3.86. The fraction of sp³-hybridized carbons (Fsp3) is 0.857. The number of carbonyl (C=O) groups is 2. The van der Waals surface area contributed by atoms with Crippen LogP contribution in [0, 0.1) is 11.3 Å². The van der Waals surface area contributed by atoms with Gasteiger partial charge >= 0.3 is 12.0 Å². The zero-order valence-electron chi connectivity index (χ0n) is 12.4. The molecule has 0 aromatic heterocycles. The first-order chi connectivity index (χ1) is 8.75. The average molecular weight is 270 g/mol. The van der Waals surface area contributed by atoms with Gasteiger partial charge in [0.2, 0.25) is 0 Å². The monoisotopic (exact) mass is 270 g/mol. The number of urea groups is 1. The second-order valence-corrected chi connectivity index (χ2v) is 6.43. The Labute approximate surface area is 115 Å². The number of nitrogens with zero attached hydrogens (tertiary/aromatic N) is 1. The fourth-order valence-electron chi connectivity index (χ4n) is 2.41. The molecule has 0 aliphatic carbocycles. The van der Waals surface area contributed by atoms with Gasteiger partial charge in [-0.25, -0.2) is 9.59 Å². The maximum Gasteiger partial charge on any atom is 0.326 e. The minimum Gasteiger partial charge on any atom is -0.480 e. The fourth-order valence-corrected chi connectivity index (χ4v) is 2.41. The lowest BCUT2D eigenvalue weighted by atomic mass is 9.87. The molecule has 2 N–H and O–H groups in total. The molecule has 1 saturated heterocycles. The van der Waals surface area contributed by atoms with E-state index in [2.05, 4.69) is 12.2 Å². The van der Waals surface area contributed by atoms with Crippen LogP contribution >= 0.6 is 0 Å². The molecule has 2 amide bonds. The Balaban J connectivity index is 2.57. The van der Waals surface area contributed by atoms with Crippen molar-refractivity contribution in [1.82, 2.24) is 10.2 Å². The molecule has 0 aromatic rings. The highest BCUT2D eigenvalue weighted by Crippen LogP contribution is 2.22. The first kappa shape index (κ1) is 15.8. The molecule has 1 aliphatic rings. The number of hydrogen-bond donors (Lipinski definition) is 2. The van der Waals surface area contributed by atoms with Gasteiger partial charge in [-0.3, -0.25) is 0 Å². The lowest BCUT2D eigenvalue weighted by Crippen LogP contribution is -2.54. The number of piperidine rings is 1. The minimum absolute atomic E-state index is 0.253. The number of aliphatic carboxylic acids is 1. The van der Waals surface area contributed by atoms with Gasteiger partial charge in [-0.15, -0.1) is 0 Å². The second kappa shape index (κ2) is 6.26. The Hall–Kier alpha value is -1.26. The lowest BCUT2D eigenvalue weighted by Gasteiger charge is -2.34. The molecule has 5 nitrogen and oxygen atoms in total. The summed E-state index contributed by atoms with van der Waals surface area (Å²) in [5, 5.41) is 11.8. The van der Waals surface area contributed by atoms with Crippen molar-refractivity contribution < 1.29 is 14.7 Å². The molecule has 0 bridgehead atoms. The summed E-state index contributed by atoms with van der Waals surface area (Å²) in [5.74, 6) is -0.286. The first-order valence-electron chi connectivity index (χ1n) is 7.04. The molecular weight excluding hydrogens is 244 g/mol. The molecule has 0 spiro atoms. The van der Waals surface area contributed by atoms with E-state index >= 15 is 0 Å². The normalized spacial score (nSPS) is 19.1. The van der Waals surface area contributed by atoms with Crippen LogP contribution in [0.15, 0.2) is 0 Å². The summed E-state index contributed by atoms with van der Waals surface area (Å²) in [7, 11) is 0. The lowest BCUT2D eigenvalue weighted by molar-refractivity contribution is -0.142. The van der Waals surface area contributed by atoms with Crippen molar-refractivity contribution in [2.75, 3.05) is 13.1 Å². The van der Waals surface area contributed by atoms with E-state index < -0.39 is 17.4 Å². The van der Waals surface area contributed by atoms with Gasteiger partial charge < -0.3 is 15.3 Å². The standard InChI is InChI=1S/C14H26N2O3/c1-5-10-6-8-16(9-7-10)13(19)15-11(12(17)18)14(2,3)4/h10-11H,5-9H2,1-4H3,(H,15,19)(H,17,18). The topological polar surface area (TPSA) is 69.6 Å². The van der Waals surface area contributed by atoms with Crippen LogP contribution in [0.25, 0.3) is 0 Å². The van der Waals surface area contributed by atoms with E-state index in [4.69, 9.17) is 0 Å². The molecule has 19 heavy (non-hydrogen) atoms. The summed E-state index contributed by atoms with van der Waals surface area (Å²) in [6.45, 7) is 9.06. The Bertz CT molecular complexity index is 328. The summed E-state index contributed by atoms with van der Waals surface area (Å²) < 4.78 is 0. The number of amides is 2. The summed E-state index contributed by atoms with van der Waals surface area (Å²) in [6.07, 6.45) is 3.17. The molecular formula is C14H26N2O3. The van der Waals surface area contributed by atoms with E-state index in [0.717, 1.165) is 32.4 Å². The molecule has 5 heteroatoms. The summed E-state index contributed by atoms with van der Waals surface area (Å²) in [6, 6.07) is -1.11. The van der Waals surface area contributed by atoms with Crippen LogP contribution in [0.2, 0.25) is 0 Å². The van der Waals surface area contributed by atoms with E-state index in [9.17, 15) is 14.7 Å². The number of likely N-dealkylation sites (tertiary alicyclic amines) is 1. The zero-order chi connectivity index (χ0) is 14.6. The van der Waals surface area contributed by atoms with Crippen LogP contribution < -0.4 is 5.32 Å². The van der Waals surface area contributed by atoms with Crippen LogP contribution in [0.1, 0.15) is 47.0 Å². The van der Waals surface area contributed by atoms with Crippen molar-refractivity contribution in [2.24, 2.45) is 11.3 Å². The van der Waals surface area contributed by atoms with Crippen molar-refractivity contribution >= 4 is 12.0 Å². The number of carboxylic acids is 1. The van der Waals surface area contributed by atoms with Crippen molar-refractivity contribution in [1.29, 1.82) is 0 Å². The molecule has 0 saturated carbocycles. The van der Waals surface area contributed by atoms with Crippen LogP contribution in [0.3, 0.4) is 0 Å². The maximum atomic E-state index is 12.1. The number of rotatable bonds is 3. The number of nitrogens with one attached hydrogen (secondary N) is 1. The predicted octanol–water partition coefficient (Wildman–Crippen LogP) is 2.32. The van der Waals surface area contributed by atoms with Crippen molar-refractivity contribution in [3.05, 3.63) is 0 Å². The highest BCUT2D eigenvalue weighted by Gasteiger charge is 2.34. The molecule has 1 fully saturated rings. The van der Waals surface area contributed by atoms with Gasteiger partial charge in [0.05, 0.1) is 0 Å². The Morgan fingerprint density at radius 2 is 1.84 bits per heavy atom. The van der Waals surface area contributed by atoms with Crippen LogP contribution in [0.5, 0.6) is 0 Å². The highest BCUT2D eigenvalue weighted by molar-refractivity contribution is 5.83. The first-order valence-corrected chi connectivity index (χ1v) is 7.04. The highest BCUT2D eigenvalue weighted by atomic mass is 16.4. The molecule has 1 rings (SSSR count). The largest absolute Gasteiger partial charge is 0.480 e. The SMILES string of the molecule is CCC1CCN(C(=O)NC(C(=O)O)C(C)(C)C)CC1. The quantitative estimate of drug-likeness (QED) is 0.827. The van der Waals surface area contributed by atoms with Crippen molar-refractivity contribution in [3.8, 4) is 0 Å². The van der Waals surface area contributed by atoms with Gasteiger partial charge in [0, 0.05) is 13.1 Å². The summed E-state index contributed by atoms with van der Waals surface area (Å²) in [4.78, 5) is 25.1. The van der Waals surface area contributed by atoms with Crippen molar-refractivity contribution in [3.63, 3.8) is 0 Å². The van der Waals surface area contributed by atoms with E-state index in [0.29, 0.717) is 5.92 Å². The van der Waals surface area contributed by atoms with E-state index in [1.165, 1.54) is 0 Å².